The van der Waals surface area contributed by atoms with Gasteiger partial charge in [-0.2, -0.15) is 8.78 Å². The highest BCUT2D eigenvalue weighted by atomic mass is 19.3. The predicted octanol–water partition coefficient (Wildman–Crippen LogP) is 1.98. The maximum atomic E-state index is 12.0. The van der Waals surface area contributed by atoms with E-state index in [-0.39, 0.29) is 5.69 Å². The number of nitrogens with two attached hydrogens (primary N) is 1. The lowest BCUT2D eigenvalue weighted by atomic mass is 10.1. The van der Waals surface area contributed by atoms with E-state index in [0.717, 1.165) is 19.1 Å². The molecule has 0 amide bonds. The lowest BCUT2D eigenvalue weighted by Gasteiger charge is -2.09. The van der Waals surface area contributed by atoms with Crippen molar-refractivity contribution in [3.8, 4) is 5.75 Å². The highest BCUT2D eigenvalue weighted by Crippen LogP contribution is 2.35. The Morgan fingerprint density at radius 2 is 2.12 bits per heavy atom. The van der Waals surface area contributed by atoms with Gasteiger partial charge < -0.3 is 10.5 Å². The number of anilines is 1. The van der Waals surface area contributed by atoms with Gasteiger partial charge in [0.05, 0.1) is 4.92 Å². The lowest BCUT2D eigenvalue weighted by Crippen LogP contribution is -2.10. The monoisotopic (exact) mass is 246 g/mol. The molecule has 0 bridgehead atoms. The summed E-state index contributed by atoms with van der Waals surface area (Å²) in [5.41, 5.74) is 3.94. The third kappa shape index (κ3) is 2.65. The molecule has 8 heteroatoms. The molecule has 1 aromatic rings. The van der Waals surface area contributed by atoms with Crippen LogP contribution < -0.4 is 10.5 Å². The maximum absolute atomic E-state index is 12.0. The van der Waals surface area contributed by atoms with Crippen LogP contribution in [0.2, 0.25) is 0 Å². The molecule has 1 rings (SSSR count). The minimum atomic E-state index is -3.22. The molecule has 0 heterocycles. The van der Waals surface area contributed by atoms with Gasteiger partial charge in [-0.25, -0.2) is 0 Å². The third-order valence-corrected chi connectivity index (χ3v) is 1.92. The van der Waals surface area contributed by atoms with E-state index in [0.29, 0.717) is 0 Å². The van der Waals surface area contributed by atoms with Crippen LogP contribution in [0.3, 0.4) is 0 Å². The fourth-order valence-corrected chi connectivity index (χ4v) is 1.33. The SMILES string of the molecule is CC(=O)c1c(N)ccc(OC(F)F)c1[N+](=O)[O-]. The Bertz CT molecular complexity index is 476. The number of hydrogen-bond acceptors (Lipinski definition) is 5. The minimum absolute atomic E-state index is 0.161. The number of nitro groups is 1. The van der Waals surface area contributed by atoms with E-state index in [1.165, 1.54) is 0 Å². The second kappa shape index (κ2) is 4.73. The molecule has 0 aromatic heterocycles. The number of benzene rings is 1. The smallest absolute Gasteiger partial charge is 0.387 e. The van der Waals surface area contributed by atoms with Crippen LogP contribution >= 0.6 is 0 Å². The summed E-state index contributed by atoms with van der Waals surface area (Å²) >= 11 is 0. The van der Waals surface area contributed by atoms with Crippen molar-refractivity contribution in [2.24, 2.45) is 0 Å². The Hall–Kier alpha value is -2.25. The number of nitrogen functional groups attached to an aromatic ring is 1. The van der Waals surface area contributed by atoms with E-state index >= 15 is 0 Å². The number of halogens is 2. The standard InChI is InChI=1S/C9H8F2N2O4/c1-4(14)7-5(12)2-3-6(17-9(10)11)8(7)13(15)16/h2-3,9H,12H2,1H3. The molecule has 6 nitrogen and oxygen atoms in total. The largest absolute Gasteiger partial charge is 0.427 e. The fourth-order valence-electron chi connectivity index (χ4n) is 1.33. The molecular formula is C9H8F2N2O4. The predicted molar refractivity (Wildman–Crippen MR) is 54.1 cm³/mol. The topological polar surface area (TPSA) is 95.5 Å². The number of alkyl halides is 2. The van der Waals surface area contributed by atoms with E-state index in [1.54, 1.807) is 0 Å². The Balaban J connectivity index is 3.47. The quantitative estimate of drug-likeness (QED) is 0.379. The number of ketones is 1. The van der Waals surface area contributed by atoms with E-state index in [4.69, 9.17) is 5.73 Å². The van der Waals surface area contributed by atoms with Gasteiger partial charge in [-0.15, -0.1) is 0 Å². The van der Waals surface area contributed by atoms with Crippen molar-refractivity contribution in [3.05, 3.63) is 27.8 Å². The molecule has 2 N–H and O–H groups in total. The summed E-state index contributed by atoms with van der Waals surface area (Å²) in [6, 6.07) is 2.02. The molecule has 1 aromatic carbocycles. The van der Waals surface area contributed by atoms with Crippen LogP contribution in [0.1, 0.15) is 17.3 Å². The number of carbonyl (C=O) groups excluding carboxylic acids is 1. The Labute approximate surface area is 94.1 Å². The van der Waals surface area contributed by atoms with E-state index < -0.39 is 34.3 Å². The Morgan fingerprint density at radius 3 is 2.53 bits per heavy atom. The number of ether oxygens (including phenoxy) is 1. The van der Waals surface area contributed by atoms with Crippen LogP contribution in [0, 0.1) is 10.1 Å². The van der Waals surface area contributed by atoms with Gasteiger partial charge >= 0.3 is 12.3 Å². The average Bonchev–Trinajstić information content (AvgIpc) is 2.18. The number of nitrogens with zero attached hydrogens (tertiary/aromatic N) is 1. The van der Waals surface area contributed by atoms with Crippen molar-refractivity contribution in [2.75, 3.05) is 5.73 Å². The number of nitro benzene ring substituents is 1. The summed E-state index contributed by atoms with van der Waals surface area (Å²) in [6.45, 7) is -2.18. The summed E-state index contributed by atoms with van der Waals surface area (Å²) in [7, 11) is 0. The lowest BCUT2D eigenvalue weighted by molar-refractivity contribution is -0.386. The maximum Gasteiger partial charge on any atom is 0.387 e. The number of Topliss-reactive ketones (excluding diaryl/α,β-unsaturated/α-hetero) is 1. The zero-order valence-corrected chi connectivity index (χ0v) is 8.65. The first-order valence-corrected chi connectivity index (χ1v) is 4.37. The molecule has 17 heavy (non-hydrogen) atoms. The van der Waals surface area contributed by atoms with Crippen molar-refractivity contribution in [1.29, 1.82) is 0 Å². The molecule has 0 saturated heterocycles. The summed E-state index contributed by atoms with van der Waals surface area (Å²) in [6.07, 6.45) is 0. The fraction of sp³-hybridized carbons (Fsp3) is 0.222. The van der Waals surface area contributed by atoms with E-state index in [1.807, 2.05) is 0 Å². The Kier molecular flexibility index (Phi) is 3.56. The van der Waals surface area contributed by atoms with Gasteiger partial charge in [0.2, 0.25) is 5.75 Å². The average molecular weight is 246 g/mol. The van der Waals surface area contributed by atoms with Crippen molar-refractivity contribution >= 4 is 17.2 Å². The first-order valence-electron chi connectivity index (χ1n) is 4.37. The van der Waals surface area contributed by atoms with Crippen LogP contribution in [0.4, 0.5) is 20.2 Å². The summed E-state index contributed by atoms with van der Waals surface area (Å²) < 4.78 is 28.0. The molecule has 0 saturated carbocycles. The summed E-state index contributed by atoms with van der Waals surface area (Å²) in [5.74, 6) is -1.39. The molecule has 0 radical (unpaired) electrons. The van der Waals surface area contributed by atoms with Crippen molar-refractivity contribution in [3.63, 3.8) is 0 Å². The first-order chi connectivity index (χ1) is 7.84. The van der Waals surface area contributed by atoms with Gasteiger partial charge in [-0.05, 0) is 19.1 Å². The zero-order valence-electron chi connectivity index (χ0n) is 8.65. The summed E-state index contributed by atoms with van der Waals surface area (Å²) in [4.78, 5) is 21.0. The van der Waals surface area contributed by atoms with Crippen molar-refractivity contribution < 1.29 is 23.2 Å². The molecule has 0 atom stereocenters. The summed E-state index contributed by atoms with van der Waals surface area (Å²) in [5, 5.41) is 10.8. The number of hydrogen-bond donors (Lipinski definition) is 1. The van der Waals surface area contributed by atoms with Crippen LogP contribution in [0.5, 0.6) is 5.75 Å². The van der Waals surface area contributed by atoms with Gasteiger partial charge in [0, 0.05) is 5.69 Å². The van der Waals surface area contributed by atoms with E-state index in [9.17, 15) is 23.7 Å². The van der Waals surface area contributed by atoms with Crippen LogP contribution in [0.25, 0.3) is 0 Å². The van der Waals surface area contributed by atoms with Gasteiger partial charge in [-0.3, -0.25) is 14.9 Å². The molecule has 0 spiro atoms. The third-order valence-electron chi connectivity index (χ3n) is 1.92. The minimum Gasteiger partial charge on any atom is -0.427 e. The molecule has 92 valence electrons. The highest BCUT2D eigenvalue weighted by molar-refractivity contribution is 6.04. The van der Waals surface area contributed by atoms with Gasteiger partial charge in [0.1, 0.15) is 5.56 Å². The van der Waals surface area contributed by atoms with Crippen molar-refractivity contribution in [2.45, 2.75) is 13.5 Å². The van der Waals surface area contributed by atoms with Gasteiger partial charge in [0.15, 0.2) is 5.78 Å². The molecule has 0 aliphatic heterocycles. The molecule has 0 aliphatic rings. The first kappa shape index (κ1) is 12.8. The normalized spacial score (nSPS) is 10.4. The number of rotatable bonds is 4. The highest BCUT2D eigenvalue weighted by Gasteiger charge is 2.27. The van der Waals surface area contributed by atoms with Gasteiger partial charge in [0.25, 0.3) is 0 Å². The van der Waals surface area contributed by atoms with Crippen LogP contribution in [-0.2, 0) is 0 Å². The Morgan fingerprint density at radius 1 is 1.53 bits per heavy atom. The van der Waals surface area contributed by atoms with Crippen LogP contribution in [0.15, 0.2) is 12.1 Å². The molecule has 0 unspecified atom stereocenters. The zero-order chi connectivity index (χ0) is 13.2. The second-order valence-corrected chi connectivity index (χ2v) is 3.07. The van der Waals surface area contributed by atoms with Crippen molar-refractivity contribution in [1.82, 2.24) is 0 Å². The van der Waals surface area contributed by atoms with E-state index in [2.05, 4.69) is 4.74 Å². The number of carbonyl (C=O) groups is 1. The molecule has 0 aliphatic carbocycles. The van der Waals surface area contributed by atoms with Crippen LogP contribution in [-0.4, -0.2) is 17.3 Å². The molecule has 0 fully saturated rings. The molecular weight excluding hydrogens is 238 g/mol. The second-order valence-electron chi connectivity index (χ2n) is 3.07. The van der Waals surface area contributed by atoms with Gasteiger partial charge in [-0.1, -0.05) is 0 Å².